The van der Waals surface area contributed by atoms with E-state index >= 15 is 0 Å². The van der Waals surface area contributed by atoms with Gasteiger partial charge in [0.2, 0.25) is 16.0 Å². The Hall–Kier alpha value is -2.30. The van der Waals surface area contributed by atoms with Gasteiger partial charge in [0.05, 0.1) is 10.6 Å². The van der Waals surface area contributed by atoms with Gasteiger partial charge < -0.3 is 4.90 Å². The minimum Gasteiger partial charge on any atom is -0.337 e. The number of hydrogen-bond acceptors (Lipinski definition) is 6. The van der Waals surface area contributed by atoms with Gasteiger partial charge in [0.1, 0.15) is 0 Å². The molecule has 0 bridgehead atoms. The van der Waals surface area contributed by atoms with Crippen LogP contribution in [0.25, 0.3) is 5.69 Å². The van der Waals surface area contributed by atoms with Crippen molar-refractivity contribution in [1.29, 1.82) is 0 Å². The van der Waals surface area contributed by atoms with E-state index in [2.05, 4.69) is 31.5 Å². The average molecular weight is 449 g/mol. The molecule has 0 unspecified atom stereocenters. The van der Waals surface area contributed by atoms with Gasteiger partial charge in [-0.2, -0.15) is 8.99 Å². The number of halogens is 1. The summed E-state index contributed by atoms with van der Waals surface area (Å²) in [6, 6.07) is 16.5. The number of piperazine rings is 1. The minimum absolute atomic E-state index is 0.285. The Morgan fingerprint density at radius 3 is 2.26 bits per heavy atom. The fourth-order valence-corrected chi connectivity index (χ4v) is 5.42. The maximum Gasteiger partial charge on any atom is 0.250 e. The standard InChI is InChI=1S/C17H17BrN6O2S/c18-15-8-4-5-9-16(15)27(25,26)23-12-10-22(11-13-23)17-19-20-21-24(17)14-6-2-1-3-7-14/h1-9H,10-13H2. The van der Waals surface area contributed by atoms with Crippen LogP contribution in [-0.2, 0) is 10.0 Å². The molecule has 140 valence electrons. The molecule has 4 rings (SSSR count). The first kappa shape index (κ1) is 18.1. The number of hydrogen-bond donors (Lipinski definition) is 0. The van der Waals surface area contributed by atoms with Gasteiger partial charge in [-0.1, -0.05) is 35.4 Å². The highest BCUT2D eigenvalue weighted by Crippen LogP contribution is 2.26. The molecule has 3 aromatic rings. The molecule has 2 heterocycles. The second-order valence-corrected chi connectivity index (χ2v) is 8.81. The number of benzene rings is 2. The summed E-state index contributed by atoms with van der Waals surface area (Å²) in [5.74, 6) is 0.610. The predicted octanol–water partition coefficient (Wildman–Crippen LogP) is 1.94. The van der Waals surface area contributed by atoms with Crippen molar-refractivity contribution in [3.8, 4) is 5.69 Å². The van der Waals surface area contributed by atoms with Crippen molar-refractivity contribution in [1.82, 2.24) is 24.5 Å². The largest absolute Gasteiger partial charge is 0.337 e. The summed E-state index contributed by atoms with van der Waals surface area (Å²) in [5.41, 5.74) is 0.862. The van der Waals surface area contributed by atoms with Gasteiger partial charge in [0, 0.05) is 30.7 Å². The first-order valence-corrected chi connectivity index (χ1v) is 10.6. The number of rotatable bonds is 4. The molecule has 0 aliphatic carbocycles. The van der Waals surface area contributed by atoms with E-state index in [1.165, 1.54) is 4.31 Å². The molecule has 0 radical (unpaired) electrons. The van der Waals surface area contributed by atoms with E-state index in [0.29, 0.717) is 36.6 Å². The summed E-state index contributed by atoms with van der Waals surface area (Å²) in [6.07, 6.45) is 0. The van der Waals surface area contributed by atoms with Crippen molar-refractivity contribution in [3.63, 3.8) is 0 Å². The summed E-state index contributed by atoms with van der Waals surface area (Å²) >= 11 is 3.33. The highest BCUT2D eigenvalue weighted by molar-refractivity contribution is 9.10. The Kier molecular flexibility index (Phi) is 4.94. The van der Waals surface area contributed by atoms with E-state index in [1.807, 2.05) is 35.2 Å². The van der Waals surface area contributed by atoms with Crippen LogP contribution in [0.5, 0.6) is 0 Å². The third-order valence-electron chi connectivity index (χ3n) is 4.43. The number of anilines is 1. The fraction of sp³-hybridized carbons (Fsp3) is 0.235. The molecule has 27 heavy (non-hydrogen) atoms. The zero-order valence-electron chi connectivity index (χ0n) is 14.3. The van der Waals surface area contributed by atoms with Crippen LogP contribution in [0.2, 0.25) is 0 Å². The van der Waals surface area contributed by atoms with Crippen molar-refractivity contribution < 1.29 is 8.42 Å². The number of sulfonamides is 1. The molecule has 1 aliphatic heterocycles. The maximum absolute atomic E-state index is 12.9. The molecule has 1 aliphatic rings. The Morgan fingerprint density at radius 2 is 1.56 bits per heavy atom. The third kappa shape index (κ3) is 3.47. The molecular formula is C17H17BrN6O2S. The van der Waals surface area contributed by atoms with Gasteiger partial charge >= 0.3 is 0 Å². The summed E-state index contributed by atoms with van der Waals surface area (Å²) in [6.45, 7) is 1.75. The van der Waals surface area contributed by atoms with Crippen LogP contribution in [0.1, 0.15) is 0 Å². The molecule has 1 fully saturated rings. The van der Waals surface area contributed by atoms with E-state index in [4.69, 9.17) is 0 Å². The van der Waals surface area contributed by atoms with Gasteiger partial charge in [0.25, 0.3) is 0 Å². The lowest BCUT2D eigenvalue weighted by Gasteiger charge is -2.34. The lowest BCUT2D eigenvalue weighted by Crippen LogP contribution is -2.49. The summed E-state index contributed by atoms with van der Waals surface area (Å²) in [4.78, 5) is 2.28. The van der Waals surface area contributed by atoms with Crippen LogP contribution in [0, 0.1) is 0 Å². The Balaban J connectivity index is 1.52. The Bertz CT molecular complexity index is 1030. The average Bonchev–Trinajstić information content (AvgIpc) is 3.19. The van der Waals surface area contributed by atoms with Crippen LogP contribution in [0.15, 0.2) is 64.0 Å². The van der Waals surface area contributed by atoms with Crippen molar-refractivity contribution in [3.05, 3.63) is 59.1 Å². The van der Waals surface area contributed by atoms with Crippen molar-refractivity contribution in [2.24, 2.45) is 0 Å². The Labute approximate surface area is 165 Å². The first-order valence-electron chi connectivity index (χ1n) is 8.41. The number of aromatic nitrogens is 4. The van der Waals surface area contributed by atoms with Crippen molar-refractivity contribution in [2.75, 3.05) is 31.1 Å². The lowest BCUT2D eigenvalue weighted by atomic mass is 10.3. The van der Waals surface area contributed by atoms with E-state index in [1.54, 1.807) is 28.9 Å². The first-order chi connectivity index (χ1) is 13.1. The van der Waals surface area contributed by atoms with Crippen LogP contribution >= 0.6 is 15.9 Å². The lowest BCUT2D eigenvalue weighted by molar-refractivity contribution is 0.381. The molecule has 2 aromatic carbocycles. The van der Waals surface area contributed by atoms with E-state index < -0.39 is 10.0 Å². The van der Waals surface area contributed by atoms with Gasteiger partial charge in [-0.15, -0.1) is 0 Å². The van der Waals surface area contributed by atoms with Crippen molar-refractivity contribution >= 4 is 31.9 Å². The van der Waals surface area contributed by atoms with Crippen LogP contribution < -0.4 is 4.90 Å². The normalized spacial score (nSPS) is 15.8. The quantitative estimate of drug-likeness (QED) is 0.606. The highest BCUT2D eigenvalue weighted by Gasteiger charge is 2.31. The summed E-state index contributed by atoms with van der Waals surface area (Å²) in [7, 11) is -3.55. The summed E-state index contributed by atoms with van der Waals surface area (Å²) < 4.78 is 29.6. The number of nitrogens with zero attached hydrogens (tertiary/aromatic N) is 6. The van der Waals surface area contributed by atoms with E-state index in [0.717, 1.165) is 5.69 Å². The molecule has 0 saturated carbocycles. The van der Waals surface area contributed by atoms with E-state index in [-0.39, 0.29) is 4.90 Å². The molecule has 10 heteroatoms. The molecule has 0 atom stereocenters. The van der Waals surface area contributed by atoms with Crippen molar-refractivity contribution in [2.45, 2.75) is 4.90 Å². The SMILES string of the molecule is O=S(=O)(c1ccccc1Br)N1CCN(c2nnnn2-c2ccccc2)CC1. The Morgan fingerprint density at radius 1 is 0.889 bits per heavy atom. The maximum atomic E-state index is 12.9. The zero-order valence-corrected chi connectivity index (χ0v) is 16.7. The van der Waals surface area contributed by atoms with Gasteiger partial charge in [-0.25, -0.2) is 8.42 Å². The van der Waals surface area contributed by atoms with Crippen LogP contribution in [0.4, 0.5) is 5.95 Å². The van der Waals surface area contributed by atoms with E-state index in [9.17, 15) is 8.42 Å². The molecule has 1 saturated heterocycles. The molecule has 1 aromatic heterocycles. The molecule has 0 amide bonds. The van der Waals surface area contributed by atoms with Gasteiger partial charge in [-0.3, -0.25) is 0 Å². The molecule has 0 spiro atoms. The summed E-state index contributed by atoms with van der Waals surface area (Å²) in [5, 5.41) is 12.0. The minimum atomic E-state index is -3.55. The predicted molar refractivity (Wildman–Crippen MR) is 104 cm³/mol. The van der Waals surface area contributed by atoms with Gasteiger partial charge in [0.15, 0.2) is 0 Å². The third-order valence-corrected chi connectivity index (χ3v) is 7.34. The number of para-hydroxylation sites is 1. The second-order valence-electron chi connectivity index (χ2n) is 6.05. The second kappa shape index (κ2) is 7.37. The smallest absolute Gasteiger partial charge is 0.250 e. The monoisotopic (exact) mass is 448 g/mol. The van der Waals surface area contributed by atoms with Crippen LogP contribution in [-0.4, -0.2) is 59.1 Å². The number of tetrazole rings is 1. The zero-order chi connectivity index (χ0) is 18.9. The molecule has 8 nitrogen and oxygen atoms in total. The van der Waals surface area contributed by atoms with Gasteiger partial charge in [-0.05, 0) is 50.6 Å². The topological polar surface area (TPSA) is 84.2 Å². The fourth-order valence-electron chi connectivity index (χ4n) is 3.04. The highest BCUT2D eigenvalue weighted by atomic mass is 79.9. The molecule has 0 N–H and O–H groups in total. The molecular weight excluding hydrogens is 432 g/mol. The van der Waals surface area contributed by atoms with Crippen LogP contribution in [0.3, 0.4) is 0 Å².